The number of halogens is 4. The Labute approximate surface area is 126 Å². The molecule has 1 aromatic rings. The molecule has 0 unspecified atom stereocenters. The molecular formula is C15H17BF4O2. The summed E-state index contributed by atoms with van der Waals surface area (Å²) in [5.41, 5.74) is -1.35. The third kappa shape index (κ3) is 2.02. The van der Waals surface area contributed by atoms with Gasteiger partial charge in [0.05, 0.1) is 11.2 Å². The van der Waals surface area contributed by atoms with Crippen LogP contribution in [0.1, 0.15) is 38.8 Å². The largest absolute Gasteiger partial charge is 0.494 e. The van der Waals surface area contributed by atoms with Gasteiger partial charge in [-0.05, 0) is 38.7 Å². The van der Waals surface area contributed by atoms with E-state index in [2.05, 4.69) is 0 Å². The molecule has 2 aliphatic rings. The molecule has 0 amide bonds. The van der Waals surface area contributed by atoms with E-state index in [9.17, 15) is 17.6 Å². The van der Waals surface area contributed by atoms with Crippen LogP contribution in [0.2, 0.25) is 0 Å². The van der Waals surface area contributed by atoms with Gasteiger partial charge in [-0.15, -0.1) is 0 Å². The fourth-order valence-electron chi connectivity index (χ4n) is 2.74. The Morgan fingerprint density at radius 3 is 2.05 bits per heavy atom. The van der Waals surface area contributed by atoms with Crippen molar-refractivity contribution in [2.24, 2.45) is 0 Å². The number of hydrogen-bond donors (Lipinski definition) is 0. The van der Waals surface area contributed by atoms with Crippen molar-refractivity contribution in [2.45, 2.75) is 57.2 Å². The van der Waals surface area contributed by atoms with Crippen LogP contribution in [0.5, 0.6) is 0 Å². The van der Waals surface area contributed by atoms with Crippen LogP contribution in [0, 0.1) is 0 Å². The fraction of sp³-hybridized carbons (Fsp3) is 0.600. The molecule has 3 rings (SSSR count). The van der Waals surface area contributed by atoms with E-state index in [1.165, 1.54) is 12.1 Å². The minimum Gasteiger partial charge on any atom is -0.399 e. The molecular weight excluding hydrogens is 299 g/mol. The van der Waals surface area contributed by atoms with Crippen molar-refractivity contribution in [2.75, 3.05) is 0 Å². The third-order valence-electron chi connectivity index (χ3n) is 4.86. The second kappa shape index (κ2) is 4.26. The Morgan fingerprint density at radius 1 is 0.955 bits per heavy atom. The van der Waals surface area contributed by atoms with Crippen molar-refractivity contribution in [3.63, 3.8) is 0 Å². The summed E-state index contributed by atoms with van der Waals surface area (Å²) in [6, 6.07) is 3.76. The maximum atomic E-state index is 13.7. The minimum atomic E-state index is -4.13. The highest BCUT2D eigenvalue weighted by atomic mass is 19.3. The van der Waals surface area contributed by atoms with Crippen LogP contribution < -0.4 is 5.46 Å². The Hall–Kier alpha value is -1.08. The van der Waals surface area contributed by atoms with E-state index in [-0.39, 0.29) is 5.56 Å². The molecule has 0 spiro atoms. The molecule has 1 aromatic carbocycles. The fourth-order valence-corrected chi connectivity index (χ4v) is 2.74. The first-order chi connectivity index (χ1) is 9.87. The van der Waals surface area contributed by atoms with Crippen molar-refractivity contribution >= 4 is 12.6 Å². The maximum Gasteiger partial charge on any atom is 0.494 e. The molecule has 1 aliphatic heterocycles. The SMILES string of the molecule is CC1(C)OB(c2ccc3c(c2)CC(F)(F)C3(F)F)OC1(C)C. The predicted octanol–water partition coefficient (Wildman–Crippen LogP) is 3.27. The number of hydrogen-bond acceptors (Lipinski definition) is 2. The smallest absolute Gasteiger partial charge is 0.399 e. The van der Waals surface area contributed by atoms with Crippen LogP contribution in [0.4, 0.5) is 17.6 Å². The molecule has 1 fully saturated rings. The van der Waals surface area contributed by atoms with E-state index in [1.54, 1.807) is 0 Å². The Morgan fingerprint density at radius 2 is 1.50 bits per heavy atom. The number of rotatable bonds is 1. The lowest BCUT2D eigenvalue weighted by atomic mass is 9.78. The summed E-state index contributed by atoms with van der Waals surface area (Å²) in [6.07, 6.45) is -0.970. The van der Waals surface area contributed by atoms with Gasteiger partial charge in [0, 0.05) is 12.0 Å². The van der Waals surface area contributed by atoms with Gasteiger partial charge in [-0.25, -0.2) is 0 Å². The zero-order chi connectivity index (χ0) is 16.6. The van der Waals surface area contributed by atoms with Crippen molar-refractivity contribution in [3.05, 3.63) is 29.3 Å². The molecule has 0 atom stereocenters. The van der Waals surface area contributed by atoms with E-state index in [4.69, 9.17) is 9.31 Å². The zero-order valence-corrected chi connectivity index (χ0v) is 12.8. The molecule has 120 valence electrons. The summed E-state index contributed by atoms with van der Waals surface area (Å²) in [5.74, 6) is -8.18. The summed E-state index contributed by atoms with van der Waals surface area (Å²) in [4.78, 5) is 0. The summed E-state index contributed by atoms with van der Waals surface area (Å²) < 4.78 is 65.9. The molecule has 2 nitrogen and oxygen atoms in total. The number of alkyl halides is 4. The van der Waals surface area contributed by atoms with Gasteiger partial charge in [-0.1, -0.05) is 18.2 Å². The van der Waals surface area contributed by atoms with Gasteiger partial charge in [-0.2, -0.15) is 17.6 Å². The minimum absolute atomic E-state index is 0.0535. The van der Waals surface area contributed by atoms with Crippen molar-refractivity contribution in [3.8, 4) is 0 Å². The summed E-state index contributed by atoms with van der Waals surface area (Å²) in [6.45, 7) is 7.46. The first kappa shape index (κ1) is 15.8. The van der Waals surface area contributed by atoms with Gasteiger partial charge in [0.15, 0.2) is 0 Å². The number of benzene rings is 1. The topological polar surface area (TPSA) is 18.5 Å². The lowest BCUT2D eigenvalue weighted by Gasteiger charge is -2.32. The lowest BCUT2D eigenvalue weighted by molar-refractivity contribution is -0.202. The van der Waals surface area contributed by atoms with Crippen molar-refractivity contribution < 1.29 is 26.9 Å². The summed E-state index contributed by atoms with van der Waals surface area (Å²) in [5, 5.41) is 0. The second-order valence-corrected chi connectivity index (χ2v) is 6.96. The average Bonchev–Trinajstić information content (AvgIpc) is 2.67. The Bertz CT molecular complexity index is 612. The summed E-state index contributed by atoms with van der Waals surface area (Å²) in [7, 11) is -0.752. The van der Waals surface area contributed by atoms with Crippen molar-refractivity contribution in [1.29, 1.82) is 0 Å². The van der Waals surface area contributed by atoms with Gasteiger partial charge < -0.3 is 9.31 Å². The molecule has 22 heavy (non-hydrogen) atoms. The second-order valence-electron chi connectivity index (χ2n) is 6.96. The molecule has 1 heterocycles. The molecule has 7 heteroatoms. The molecule has 0 saturated carbocycles. The highest BCUT2D eigenvalue weighted by Crippen LogP contribution is 2.51. The van der Waals surface area contributed by atoms with Gasteiger partial charge in [0.2, 0.25) is 0 Å². The standard InChI is InChI=1S/C15H17BF4O2/c1-12(2)13(3,4)22-16(21-12)10-5-6-11-9(7-10)8-14(17,18)15(11,19)20/h5-7H,8H2,1-4H3. The van der Waals surface area contributed by atoms with Crippen molar-refractivity contribution in [1.82, 2.24) is 0 Å². The molecule has 1 aliphatic carbocycles. The molecule has 0 radical (unpaired) electrons. The van der Waals surface area contributed by atoms with Crippen LogP contribution in [-0.2, 0) is 21.7 Å². The lowest BCUT2D eigenvalue weighted by Crippen LogP contribution is -2.41. The first-order valence-electron chi connectivity index (χ1n) is 7.12. The number of fused-ring (bicyclic) bond motifs is 1. The van der Waals surface area contributed by atoms with E-state index in [1.807, 2.05) is 27.7 Å². The van der Waals surface area contributed by atoms with E-state index < -0.39 is 42.1 Å². The highest BCUT2D eigenvalue weighted by molar-refractivity contribution is 6.62. The van der Waals surface area contributed by atoms with Gasteiger partial charge in [-0.3, -0.25) is 0 Å². The monoisotopic (exact) mass is 316 g/mol. The van der Waals surface area contributed by atoms with Crippen LogP contribution in [0.15, 0.2) is 18.2 Å². The molecule has 1 saturated heterocycles. The molecule has 0 N–H and O–H groups in total. The van der Waals surface area contributed by atoms with Crippen LogP contribution >= 0.6 is 0 Å². The van der Waals surface area contributed by atoms with Crippen LogP contribution in [0.3, 0.4) is 0 Å². The maximum absolute atomic E-state index is 13.7. The van der Waals surface area contributed by atoms with E-state index >= 15 is 0 Å². The van der Waals surface area contributed by atoms with Crippen LogP contribution in [0.25, 0.3) is 0 Å². The first-order valence-corrected chi connectivity index (χ1v) is 7.12. The Balaban J connectivity index is 1.95. The normalized spacial score (nSPS) is 27.0. The van der Waals surface area contributed by atoms with Gasteiger partial charge in [0.1, 0.15) is 0 Å². The van der Waals surface area contributed by atoms with Gasteiger partial charge in [0.25, 0.3) is 0 Å². The molecule has 0 aromatic heterocycles. The third-order valence-corrected chi connectivity index (χ3v) is 4.86. The zero-order valence-electron chi connectivity index (χ0n) is 12.8. The van der Waals surface area contributed by atoms with E-state index in [0.717, 1.165) is 6.07 Å². The highest BCUT2D eigenvalue weighted by Gasteiger charge is 2.63. The Kier molecular flexibility index (Phi) is 3.06. The average molecular weight is 316 g/mol. The van der Waals surface area contributed by atoms with Gasteiger partial charge >= 0.3 is 19.0 Å². The van der Waals surface area contributed by atoms with Crippen LogP contribution in [-0.4, -0.2) is 24.2 Å². The van der Waals surface area contributed by atoms with E-state index in [0.29, 0.717) is 5.46 Å². The molecule has 0 bridgehead atoms. The predicted molar refractivity (Wildman–Crippen MR) is 74.7 cm³/mol. The quantitative estimate of drug-likeness (QED) is 0.585. The summed E-state index contributed by atoms with van der Waals surface area (Å²) >= 11 is 0.